The molecule has 7 heteroatoms. The van der Waals surface area contributed by atoms with Crippen molar-refractivity contribution >= 4 is 21.6 Å². The fourth-order valence-electron chi connectivity index (χ4n) is 3.17. The van der Waals surface area contributed by atoms with Crippen LogP contribution < -0.4 is 9.46 Å². The molecule has 0 radical (unpaired) electrons. The Morgan fingerprint density at radius 1 is 1.30 bits per heavy atom. The molecule has 0 saturated carbocycles. The maximum Gasteiger partial charge on any atom is 0.257 e. The first-order chi connectivity index (χ1) is 11.0. The molecule has 2 aliphatic rings. The van der Waals surface area contributed by atoms with E-state index in [-0.39, 0.29) is 17.7 Å². The van der Waals surface area contributed by atoms with E-state index < -0.39 is 10.0 Å². The lowest BCUT2D eigenvalue weighted by Gasteiger charge is -2.37. The van der Waals surface area contributed by atoms with Gasteiger partial charge in [-0.25, -0.2) is 8.42 Å². The number of amides is 1. The normalized spacial score (nSPS) is 21.5. The summed E-state index contributed by atoms with van der Waals surface area (Å²) in [7, 11) is -3.37. The van der Waals surface area contributed by atoms with Gasteiger partial charge in [-0.1, -0.05) is 0 Å². The van der Waals surface area contributed by atoms with Crippen LogP contribution in [-0.2, 0) is 10.0 Å². The molecule has 1 fully saturated rings. The van der Waals surface area contributed by atoms with E-state index in [2.05, 4.69) is 4.72 Å². The Morgan fingerprint density at radius 2 is 2.13 bits per heavy atom. The highest BCUT2D eigenvalue weighted by molar-refractivity contribution is 7.92. The molecule has 1 atom stereocenters. The highest BCUT2D eigenvalue weighted by Crippen LogP contribution is 2.31. The Morgan fingerprint density at radius 3 is 2.91 bits per heavy atom. The molecular weight excluding hydrogens is 316 g/mol. The largest absolute Gasteiger partial charge is 0.493 e. The number of sulfonamides is 1. The van der Waals surface area contributed by atoms with Crippen molar-refractivity contribution in [1.29, 1.82) is 0 Å². The Hall–Kier alpha value is -1.76. The molecule has 1 saturated heterocycles. The van der Waals surface area contributed by atoms with Crippen LogP contribution in [0.25, 0.3) is 0 Å². The number of fused-ring (bicyclic) bond motifs is 2. The fourth-order valence-corrected chi connectivity index (χ4v) is 3.80. The summed E-state index contributed by atoms with van der Waals surface area (Å²) in [5.74, 6) is 0.448. The van der Waals surface area contributed by atoms with Crippen molar-refractivity contribution < 1.29 is 17.9 Å². The zero-order valence-electron chi connectivity index (χ0n) is 13.2. The standard InChI is InChI=1S/C16H22N2O4S/c1-2-23(20,21)17-12-6-7-15-14(11-12)16(19)18-9-4-3-5-13(18)8-10-22-15/h6-7,11,13,17H,2-5,8-10H2,1H3/t13-/m0/s1. The van der Waals surface area contributed by atoms with E-state index in [4.69, 9.17) is 4.74 Å². The van der Waals surface area contributed by atoms with Gasteiger partial charge in [0, 0.05) is 24.7 Å². The molecule has 2 aliphatic heterocycles. The molecule has 1 aromatic carbocycles. The maximum atomic E-state index is 12.9. The second-order valence-electron chi connectivity index (χ2n) is 6.00. The molecule has 3 rings (SSSR count). The van der Waals surface area contributed by atoms with Gasteiger partial charge in [-0.2, -0.15) is 0 Å². The molecule has 0 aromatic heterocycles. The molecule has 2 heterocycles. The van der Waals surface area contributed by atoms with Gasteiger partial charge in [0.05, 0.1) is 17.9 Å². The van der Waals surface area contributed by atoms with E-state index in [1.165, 1.54) is 0 Å². The van der Waals surface area contributed by atoms with Crippen molar-refractivity contribution in [2.75, 3.05) is 23.6 Å². The van der Waals surface area contributed by atoms with Gasteiger partial charge in [0.25, 0.3) is 5.91 Å². The van der Waals surface area contributed by atoms with Gasteiger partial charge < -0.3 is 9.64 Å². The number of rotatable bonds is 3. The number of hydrogen-bond donors (Lipinski definition) is 1. The predicted molar refractivity (Wildman–Crippen MR) is 88.3 cm³/mol. The molecule has 0 aliphatic carbocycles. The highest BCUT2D eigenvalue weighted by Gasteiger charge is 2.31. The number of hydrogen-bond acceptors (Lipinski definition) is 4. The third-order valence-electron chi connectivity index (χ3n) is 4.46. The number of piperidine rings is 1. The quantitative estimate of drug-likeness (QED) is 0.917. The molecule has 1 aromatic rings. The van der Waals surface area contributed by atoms with E-state index in [9.17, 15) is 13.2 Å². The van der Waals surface area contributed by atoms with Crippen LogP contribution in [0.15, 0.2) is 18.2 Å². The van der Waals surface area contributed by atoms with Gasteiger partial charge in [-0.15, -0.1) is 0 Å². The van der Waals surface area contributed by atoms with Crippen LogP contribution in [0, 0.1) is 0 Å². The minimum atomic E-state index is -3.37. The van der Waals surface area contributed by atoms with Crippen molar-refractivity contribution in [3.63, 3.8) is 0 Å². The second kappa shape index (κ2) is 6.39. The Bertz CT molecular complexity index is 702. The van der Waals surface area contributed by atoms with Gasteiger partial charge in [0.2, 0.25) is 10.0 Å². The minimum Gasteiger partial charge on any atom is -0.493 e. The van der Waals surface area contributed by atoms with E-state index in [0.29, 0.717) is 23.6 Å². The van der Waals surface area contributed by atoms with Crippen LogP contribution in [0.5, 0.6) is 5.75 Å². The zero-order chi connectivity index (χ0) is 16.4. The number of carbonyl (C=O) groups is 1. The number of ether oxygens (including phenoxy) is 1. The lowest BCUT2D eigenvalue weighted by atomic mass is 9.97. The van der Waals surface area contributed by atoms with Crippen LogP contribution >= 0.6 is 0 Å². The topological polar surface area (TPSA) is 75.7 Å². The highest BCUT2D eigenvalue weighted by atomic mass is 32.2. The lowest BCUT2D eigenvalue weighted by Crippen LogP contribution is -2.45. The molecule has 126 valence electrons. The van der Waals surface area contributed by atoms with Gasteiger partial charge in [-0.05, 0) is 44.4 Å². The number of benzene rings is 1. The van der Waals surface area contributed by atoms with Crippen LogP contribution in [0.1, 0.15) is 43.0 Å². The SMILES string of the molecule is CCS(=O)(=O)Nc1ccc2c(c1)C(=O)N1CCCC[C@H]1CCO2. The molecule has 0 bridgehead atoms. The molecular formula is C16H22N2O4S. The molecule has 6 nitrogen and oxygen atoms in total. The summed E-state index contributed by atoms with van der Waals surface area (Å²) in [4.78, 5) is 14.8. The summed E-state index contributed by atoms with van der Waals surface area (Å²) >= 11 is 0. The first kappa shape index (κ1) is 16.1. The van der Waals surface area contributed by atoms with E-state index in [1.807, 2.05) is 4.90 Å². The van der Waals surface area contributed by atoms with Gasteiger partial charge in [0.15, 0.2) is 0 Å². The molecule has 0 spiro atoms. The van der Waals surface area contributed by atoms with Crippen LogP contribution in [0.4, 0.5) is 5.69 Å². The van der Waals surface area contributed by atoms with Crippen molar-refractivity contribution in [3.05, 3.63) is 23.8 Å². The molecule has 23 heavy (non-hydrogen) atoms. The fraction of sp³-hybridized carbons (Fsp3) is 0.562. The first-order valence-corrected chi connectivity index (χ1v) is 9.73. The average Bonchev–Trinajstić information content (AvgIpc) is 2.54. The van der Waals surface area contributed by atoms with Crippen molar-refractivity contribution in [1.82, 2.24) is 4.90 Å². The summed E-state index contributed by atoms with van der Waals surface area (Å²) in [6.45, 7) is 2.90. The smallest absolute Gasteiger partial charge is 0.257 e. The van der Waals surface area contributed by atoms with E-state index >= 15 is 0 Å². The Kier molecular flexibility index (Phi) is 4.48. The number of nitrogens with zero attached hydrogens (tertiary/aromatic N) is 1. The third kappa shape index (κ3) is 3.44. The molecule has 1 amide bonds. The Balaban J connectivity index is 1.94. The van der Waals surface area contributed by atoms with Crippen LogP contribution in [0.2, 0.25) is 0 Å². The molecule has 0 unspecified atom stereocenters. The lowest BCUT2D eigenvalue weighted by molar-refractivity contribution is 0.0549. The maximum absolute atomic E-state index is 12.9. The van der Waals surface area contributed by atoms with E-state index in [1.54, 1.807) is 25.1 Å². The Labute approximate surface area is 136 Å². The number of anilines is 1. The number of nitrogens with one attached hydrogen (secondary N) is 1. The molecule has 1 N–H and O–H groups in total. The summed E-state index contributed by atoms with van der Waals surface area (Å²) in [6.07, 6.45) is 4.00. The predicted octanol–water partition coefficient (Wildman–Crippen LogP) is 2.23. The number of carbonyl (C=O) groups excluding carboxylic acids is 1. The first-order valence-electron chi connectivity index (χ1n) is 8.08. The summed E-state index contributed by atoms with van der Waals surface area (Å²) < 4.78 is 31.7. The van der Waals surface area contributed by atoms with E-state index in [0.717, 1.165) is 32.2 Å². The third-order valence-corrected chi connectivity index (χ3v) is 5.77. The summed E-state index contributed by atoms with van der Waals surface area (Å²) in [6, 6.07) is 5.11. The summed E-state index contributed by atoms with van der Waals surface area (Å²) in [5.41, 5.74) is 0.838. The van der Waals surface area contributed by atoms with Gasteiger partial charge in [0.1, 0.15) is 5.75 Å². The average molecular weight is 338 g/mol. The monoisotopic (exact) mass is 338 g/mol. The van der Waals surface area contributed by atoms with Gasteiger partial charge >= 0.3 is 0 Å². The minimum absolute atomic E-state index is 0.0112. The summed E-state index contributed by atoms with van der Waals surface area (Å²) in [5, 5.41) is 0. The van der Waals surface area contributed by atoms with Crippen molar-refractivity contribution in [3.8, 4) is 5.75 Å². The van der Waals surface area contributed by atoms with Crippen molar-refractivity contribution in [2.45, 2.75) is 38.6 Å². The van der Waals surface area contributed by atoms with Crippen LogP contribution in [-0.4, -0.2) is 44.2 Å². The van der Waals surface area contributed by atoms with Crippen molar-refractivity contribution in [2.24, 2.45) is 0 Å². The van der Waals surface area contributed by atoms with Gasteiger partial charge in [-0.3, -0.25) is 9.52 Å². The van der Waals surface area contributed by atoms with Crippen LogP contribution in [0.3, 0.4) is 0 Å². The second-order valence-corrected chi connectivity index (χ2v) is 8.01. The zero-order valence-corrected chi connectivity index (χ0v) is 14.1.